The maximum atomic E-state index is 12.8. The summed E-state index contributed by atoms with van der Waals surface area (Å²) in [6, 6.07) is 0. The van der Waals surface area contributed by atoms with E-state index < -0.39 is 17.6 Å². The molecule has 0 aliphatic heterocycles. The van der Waals surface area contributed by atoms with Crippen molar-refractivity contribution < 1.29 is 14.6 Å². The van der Waals surface area contributed by atoms with Gasteiger partial charge in [0.2, 0.25) is 0 Å². The third-order valence-corrected chi connectivity index (χ3v) is 7.55. The van der Waals surface area contributed by atoms with Gasteiger partial charge in [-0.3, -0.25) is 4.79 Å². The fourth-order valence-corrected chi connectivity index (χ4v) is 5.20. The molecule has 0 rings (SSSR count). The van der Waals surface area contributed by atoms with Gasteiger partial charge in [0.25, 0.3) is 0 Å². The number of aliphatic hydroxyl groups excluding tert-OH is 1. The number of carbonyl (C=O) groups is 1. The van der Waals surface area contributed by atoms with Crippen LogP contribution >= 0.6 is 0 Å². The van der Waals surface area contributed by atoms with Gasteiger partial charge in [0, 0.05) is 0 Å². The third-order valence-electron chi connectivity index (χ3n) is 7.55. The van der Waals surface area contributed by atoms with Gasteiger partial charge in [-0.2, -0.15) is 0 Å². The first-order chi connectivity index (χ1) is 18.2. The first kappa shape index (κ1) is 37.2. The van der Waals surface area contributed by atoms with E-state index in [1.807, 2.05) is 20.8 Å². The van der Waals surface area contributed by atoms with Gasteiger partial charge in [-0.25, -0.2) is 0 Å². The quantitative estimate of drug-likeness (QED) is 0.0679. The molecule has 2 atom stereocenters. The minimum Gasteiger partial charge on any atom is -0.460 e. The lowest BCUT2D eigenvalue weighted by Crippen LogP contribution is -2.35. The minimum absolute atomic E-state index is 0.221. The fourth-order valence-electron chi connectivity index (χ4n) is 5.20. The summed E-state index contributed by atoms with van der Waals surface area (Å²) in [7, 11) is 0. The molecule has 0 aromatic rings. The van der Waals surface area contributed by atoms with Gasteiger partial charge in [-0.15, -0.1) is 0 Å². The molecule has 0 aromatic carbocycles. The Morgan fingerprint density at radius 2 is 1.05 bits per heavy atom. The van der Waals surface area contributed by atoms with Gasteiger partial charge in [-0.1, -0.05) is 141 Å². The van der Waals surface area contributed by atoms with E-state index in [2.05, 4.69) is 26.8 Å². The van der Waals surface area contributed by atoms with Crippen LogP contribution in [0.4, 0.5) is 0 Å². The zero-order valence-electron chi connectivity index (χ0n) is 26.8. The van der Waals surface area contributed by atoms with Crippen LogP contribution < -0.4 is 0 Å². The topological polar surface area (TPSA) is 46.5 Å². The average Bonchev–Trinajstić information content (AvgIpc) is 2.83. The molecule has 0 aromatic heterocycles. The number of hydrogen-bond donors (Lipinski definition) is 1. The Bertz CT molecular complexity index is 556. The highest BCUT2D eigenvalue weighted by atomic mass is 16.6. The molecule has 3 heteroatoms. The number of allylic oxidation sites excluding steroid dienone is 2. The molecule has 38 heavy (non-hydrogen) atoms. The Morgan fingerprint density at radius 3 is 1.45 bits per heavy atom. The van der Waals surface area contributed by atoms with Crippen LogP contribution in [0.15, 0.2) is 11.6 Å². The summed E-state index contributed by atoms with van der Waals surface area (Å²) >= 11 is 0. The summed E-state index contributed by atoms with van der Waals surface area (Å²) < 4.78 is 5.66. The summed E-state index contributed by atoms with van der Waals surface area (Å²) in [5.41, 5.74) is 0.832. The summed E-state index contributed by atoms with van der Waals surface area (Å²) in [6.45, 7) is 12.2. The van der Waals surface area contributed by atoms with Gasteiger partial charge in [-0.05, 0) is 60.3 Å². The van der Waals surface area contributed by atoms with Crippen LogP contribution in [0.2, 0.25) is 0 Å². The second-order valence-electron chi connectivity index (χ2n) is 13.1. The van der Waals surface area contributed by atoms with Crippen molar-refractivity contribution in [3.63, 3.8) is 0 Å². The predicted molar refractivity (Wildman–Crippen MR) is 167 cm³/mol. The second kappa shape index (κ2) is 25.2. The first-order valence-electron chi connectivity index (χ1n) is 16.7. The van der Waals surface area contributed by atoms with E-state index in [-0.39, 0.29) is 5.97 Å². The molecule has 1 N–H and O–H groups in total. The molecular formula is C35H68O3. The van der Waals surface area contributed by atoms with Crippen molar-refractivity contribution in [1.82, 2.24) is 0 Å². The van der Waals surface area contributed by atoms with Gasteiger partial charge < -0.3 is 9.84 Å². The SMILES string of the molecule is CCCCCCCCCCCCCCCCCCCC[C@@H](C(=O)OC(C)(C)C)[C@H](O)CCCCC=C(C)C. The summed E-state index contributed by atoms with van der Waals surface area (Å²) in [5.74, 6) is -0.611. The van der Waals surface area contributed by atoms with Gasteiger partial charge in [0.15, 0.2) is 0 Å². The highest BCUT2D eigenvalue weighted by Gasteiger charge is 2.30. The third kappa shape index (κ3) is 25.4. The number of unbranched alkanes of at least 4 members (excludes halogenated alkanes) is 19. The Balaban J connectivity index is 3.90. The molecule has 226 valence electrons. The average molecular weight is 537 g/mol. The highest BCUT2D eigenvalue weighted by molar-refractivity contribution is 5.73. The zero-order valence-corrected chi connectivity index (χ0v) is 26.8. The number of hydrogen-bond acceptors (Lipinski definition) is 3. The zero-order chi connectivity index (χ0) is 28.5. The molecule has 0 spiro atoms. The molecule has 0 radical (unpaired) electrons. The molecule has 3 nitrogen and oxygen atoms in total. The van der Waals surface area contributed by atoms with E-state index in [0.29, 0.717) is 6.42 Å². The van der Waals surface area contributed by atoms with E-state index in [1.54, 1.807) is 0 Å². The molecule has 0 fully saturated rings. The van der Waals surface area contributed by atoms with Crippen molar-refractivity contribution >= 4 is 5.97 Å². The smallest absolute Gasteiger partial charge is 0.312 e. The van der Waals surface area contributed by atoms with Gasteiger partial charge in [0.1, 0.15) is 5.60 Å². The van der Waals surface area contributed by atoms with E-state index in [0.717, 1.165) is 38.5 Å². The van der Waals surface area contributed by atoms with E-state index in [9.17, 15) is 9.90 Å². The fraction of sp³-hybridized carbons (Fsp3) is 0.914. The second-order valence-corrected chi connectivity index (χ2v) is 13.1. The van der Waals surface area contributed by atoms with Crippen molar-refractivity contribution in [3.8, 4) is 0 Å². The van der Waals surface area contributed by atoms with Crippen molar-refractivity contribution in [1.29, 1.82) is 0 Å². The monoisotopic (exact) mass is 537 g/mol. The lowest BCUT2D eigenvalue weighted by molar-refractivity contribution is -0.164. The number of esters is 1. The van der Waals surface area contributed by atoms with Crippen LogP contribution in [0, 0.1) is 5.92 Å². The molecule has 0 aliphatic rings. The van der Waals surface area contributed by atoms with Crippen LogP contribution in [-0.4, -0.2) is 22.8 Å². The molecule has 0 saturated carbocycles. The Hall–Kier alpha value is -0.830. The van der Waals surface area contributed by atoms with Crippen molar-refractivity contribution in [2.75, 3.05) is 0 Å². The summed E-state index contributed by atoms with van der Waals surface area (Å²) in [4.78, 5) is 12.8. The lowest BCUT2D eigenvalue weighted by Gasteiger charge is -2.27. The van der Waals surface area contributed by atoms with Crippen LogP contribution in [0.25, 0.3) is 0 Å². The minimum atomic E-state index is -0.595. The maximum Gasteiger partial charge on any atom is 0.312 e. The standard InChI is InChI=1S/C35H68O3/c1-7-8-9-10-11-12-13-14-15-16-17-18-19-20-21-22-23-26-29-32(34(37)38-35(4,5)6)33(36)30-27-24-25-28-31(2)3/h28,32-33,36H,7-27,29-30H2,1-6H3/t32-,33-/m1/s1. The van der Waals surface area contributed by atoms with Gasteiger partial charge >= 0.3 is 5.97 Å². The largest absolute Gasteiger partial charge is 0.460 e. The molecular weight excluding hydrogens is 468 g/mol. The summed E-state index contributed by atoms with van der Waals surface area (Å²) in [5, 5.41) is 10.8. The van der Waals surface area contributed by atoms with Crippen molar-refractivity contribution in [3.05, 3.63) is 11.6 Å². The molecule has 0 aliphatic carbocycles. The van der Waals surface area contributed by atoms with E-state index >= 15 is 0 Å². The predicted octanol–water partition coefficient (Wildman–Crippen LogP) is 11.3. The molecule has 0 amide bonds. The van der Waals surface area contributed by atoms with Crippen LogP contribution in [-0.2, 0) is 9.53 Å². The van der Waals surface area contributed by atoms with Crippen LogP contribution in [0.5, 0.6) is 0 Å². The lowest BCUT2D eigenvalue weighted by atomic mass is 9.91. The van der Waals surface area contributed by atoms with E-state index in [4.69, 9.17) is 4.74 Å². The summed E-state index contributed by atoms with van der Waals surface area (Å²) in [6.07, 6.45) is 30.5. The number of rotatable bonds is 26. The maximum absolute atomic E-state index is 12.8. The number of carbonyl (C=O) groups excluding carboxylic acids is 1. The number of aliphatic hydroxyl groups is 1. The Morgan fingerprint density at radius 1 is 0.658 bits per heavy atom. The molecule has 0 saturated heterocycles. The van der Waals surface area contributed by atoms with E-state index in [1.165, 1.54) is 108 Å². The Kier molecular flexibility index (Phi) is 24.6. The first-order valence-corrected chi connectivity index (χ1v) is 16.7. The molecule has 0 heterocycles. The van der Waals surface area contributed by atoms with Crippen LogP contribution in [0.3, 0.4) is 0 Å². The molecule has 0 unspecified atom stereocenters. The van der Waals surface area contributed by atoms with Crippen LogP contribution in [0.1, 0.15) is 189 Å². The Labute approximate surface area is 239 Å². The van der Waals surface area contributed by atoms with Gasteiger partial charge in [0.05, 0.1) is 12.0 Å². The van der Waals surface area contributed by atoms with Crippen molar-refractivity contribution in [2.45, 2.75) is 201 Å². The van der Waals surface area contributed by atoms with Crippen molar-refractivity contribution in [2.24, 2.45) is 5.92 Å². The number of ether oxygens (including phenoxy) is 1. The highest BCUT2D eigenvalue weighted by Crippen LogP contribution is 2.24. The normalized spacial score (nSPS) is 13.3. The molecule has 0 bridgehead atoms.